The molecule has 0 bridgehead atoms. The van der Waals surface area contributed by atoms with Gasteiger partial charge in [0.15, 0.2) is 5.75 Å². The van der Waals surface area contributed by atoms with E-state index < -0.39 is 6.09 Å². The molecular weight excluding hydrogens is 529 g/mol. The van der Waals surface area contributed by atoms with Gasteiger partial charge in [-0.25, -0.2) is 9.78 Å². The van der Waals surface area contributed by atoms with Crippen molar-refractivity contribution in [3.8, 4) is 28.4 Å². The van der Waals surface area contributed by atoms with Gasteiger partial charge in [-0.2, -0.15) is 0 Å². The molecule has 0 radical (unpaired) electrons. The summed E-state index contributed by atoms with van der Waals surface area (Å²) in [5.74, 6) is 0.995. The number of carbonyl (C=O) groups is 1. The Morgan fingerprint density at radius 2 is 1.61 bits per heavy atom. The number of carbonyl (C=O) groups excluding carboxylic acids is 1. The van der Waals surface area contributed by atoms with Gasteiger partial charge in [0.2, 0.25) is 0 Å². The second-order valence-corrected chi connectivity index (χ2v) is 9.44. The van der Waals surface area contributed by atoms with Crippen molar-refractivity contribution in [2.24, 2.45) is 0 Å². The fraction of sp³-hybridized carbons (Fsp3) is 0.259. The van der Waals surface area contributed by atoms with E-state index in [0.29, 0.717) is 39.3 Å². The monoisotopic (exact) mass is 553 g/mol. The molecule has 4 aromatic rings. The van der Waals surface area contributed by atoms with Gasteiger partial charge in [0.05, 0.1) is 41.8 Å². The van der Waals surface area contributed by atoms with Crippen LogP contribution in [0.2, 0.25) is 10.0 Å². The normalized spacial score (nSPS) is 13.5. The predicted octanol–water partition coefficient (Wildman–Crippen LogP) is 6.22. The van der Waals surface area contributed by atoms with Crippen LogP contribution in [0, 0.1) is 0 Å². The second-order valence-electron chi connectivity index (χ2n) is 8.68. The molecule has 11 heteroatoms. The Morgan fingerprint density at radius 3 is 2.24 bits per heavy atom. The highest BCUT2D eigenvalue weighted by Crippen LogP contribution is 2.47. The molecule has 0 spiro atoms. The van der Waals surface area contributed by atoms with Crippen molar-refractivity contribution >= 4 is 46.0 Å². The number of halogens is 2. The molecule has 1 N–H and O–H groups in total. The minimum absolute atomic E-state index is 0.218. The Kier molecular flexibility index (Phi) is 7.78. The number of hydrogen-bond donors (Lipinski definition) is 1. The zero-order valence-electron chi connectivity index (χ0n) is 20.8. The van der Waals surface area contributed by atoms with Crippen molar-refractivity contribution in [3.63, 3.8) is 0 Å². The van der Waals surface area contributed by atoms with Gasteiger partial charge in [-0.05, 0) is 50.2 Å². The molecule has 0 unspecified atom stereocenters. The molecule has 3 heterocycles. The standard InChI is InChI=1S/C27H25Cl2N5O4/c1-36-20-13-21(37-2)24(29)22(23(20)28)18-7-8-19(26-25(18)30-9-10-31-26)38-27(35)33-16-5-6-17(32-14-16)15-34-11-3-4-12-34/h5-10,13-14H,3-4,11-12,15H2,1-2H3,(H,33,35). The van der Waals surface area contributed by atoms with E-state index in [4.69, 9.17) is 37.4 Å². The first-order chi connectivity index (χ1) is 18.5. The van der Waals surface area contributed by atoms with Crippen LogP contribution in [-0.4, -0.2) is 53.3 Å². The van der Waals surface area contributed by atoms with Crippen LogP contribution in [0.4, 0.5) is 10.5 Å². The summed E-state index contributed by atoms with van der Waals surface area (Å²) in [5, 5.41) is 3.29. The highest BCUT2D eigenvalue weighted by molar-refractivity contribution is 6.41. The largest absolute Gasteiger partial charge is 0.495 e. The molecule has 1 aliphatic heterocycles. The fourth-order valence-electron chi connectivity index (χ4n) is 4.44. The molecule has 196 valence electrons. The lowest BCUT2D eigenvalue weighted by atomic mass is 10.0. The maximum atomic E-state index is 12.7. The van der Waals surface area contributed by atoms with E-state index in [1.54, 1.807) is 30.5 Å². The first-order valence-electron chi connectivity index (χ1n) is 12.0. The van der Waals surface area contributed by atoms with Gasteiger partial charge >= 0.3 is 6.09 Å². The number of likely N-dealkylation sites (tertiary alicyclic amines) is 1. The lowest BCUT2D eigenvalue weighted by Crippen LogP contribution is -2.19. The lowest BCUT2D eigenvalue weighted by Gasteiger charge is -2.16. The third kappa shape index (κ3) is 5.31. The summed E-state index contributed by atoms with van der Waals surface area (Å²) in [4.78, 5) is 28.4. The maximum absolute atomic E-state index is 12.7. The second kappa shape index (κ2) is 11.4. The molecule has 1 saturated heterocycles. The summed E-state index contributed by atoms with van der Waals surface area (Å²) < 4.78 is 16.4. The highest BCUT2D eigenvalue weighted by Gasteiger charge is 2.23. The van der Waals surface area contributed by atoms with Crippen LogP contribution in [0.15, 0.2) is 48.9 Å². The molecular formula is C27H25Cl2N5O4. The first kappa shape index (κ1) is 26.0. The zero-order chi connectivity index (χ0) is 26.6. The van der Waals surface area contributed by atoms with Gasteiger partial charge in [0, 0.05) is 36.1 Å². The Balaban J connectivity index is 1.40. The number of hydrogen-bond acceptors (Lipinski definition) is 8. The smallest absolute Gasteiger partial charge is 0.417 e. The number of anilines is 1. The summed E-state index contributed by atoms with van der Waals surface area (Å²) in [6.07, 6.45) is 6.42. The Labute approximate surface area is 229 Å². The van der Waals surface area contributed by atoms with E-state index in [1.807, 2.05) is 6.07 Å². The first-order valence-corrected chi connectivity index (χ1v) is 12.7. The van der Waals surface area contributed by atoms with Crippen LogP contribution in [-0.2, 0) is 6.54 Å². The van der Waals surface area contributed by atoms with Gasteiger partial charge < -0.3 is 14.2 Å². The molecule has 0 atom stereocenters. The summed E-state index contributed by atoms with van der Waals surface area (Å²) in [6.45, 7) is 2.98. The third-order valence-corrected chi connectivity index (χ3v) is 7.04. The Morgan fingerprint density at radius 1 is 0.921 bits per heavy atom. The molecule has 5 rings (SSSR count). The van der Waals surface area contributed by atoms with Crippen LogP contribution in [0.5, 0.6) is 17.2 Å². The van der Waals surface area contributed by atoms with Crippen molar-refractivity contribution in [3.05, 3.63) is 64.7 Å². The molecule has 38 heavy (non-hydrogen) atoms. The topological polar surface area (TPSA) is 98.7 Å². The number of ether oxygens (including phenoxy) is 3. The van der Waals surface area contributed by atoms with Crippen LogP contribution in [0.3, 0.4) is 0 Å². The van der Waals surface area contributed by atoms with Gasteiger partial charge in [-0.15, -0.1) is 0 Å². The zero-order valence-corrected chi connectivity index (χ0v) is 22.3. The minimum atomic E-state index is -0.682. The Hall–Kier alpha value is -3.66. The Bertz CT molecular complexity index is 1450. The number of rotatable bonds is 7. The molecule has 2 aromatic carbocycles. The lowest BCUT2D eigenvalue weighted by molar-refractivity contribution is 0.215. The van der Waals surface area contributed by atoms with Crippen molar-refractivity contribution < 1.29 is 19.0 Å². The minimum Gasteiger partial charge on any atom is -0.495 e. The molecule has 2 aromatic heterocycles. The molecule has 1 fully saturated rings. The molecule has 1 aliphatic rings. The number of benzene rings is 2. The summed E-state index contributed by atoms with van der Waals surface area (Å²) in [6, 6.07) is 8.64. The van der Waals surface area contributed by atoms with Gasteiger partial charge in [-0.3, -0.25) is 20.2 Å². The van der Waals surface area contributed by atoms with Crippen LogP contribution < -0.4 is 19.5 Å². The van der Waals surface area contributed by atoms with E-state index in [2.05, 4.69) is 25.2 Å². The maximum Gasteiger partial charge on any atom is 0.417 e. The summed E-state index contributed by atoms with van der Waals surface area (Å²) >= 11 is 13.3. The number of aromatic nitrogens is 3. The average Bonchev–Trinajstić information content (AvgIpc) is 3.44. The molecule has 9 nitrogen and oxygen atoms in total. The van der Waals surface area contributed by atoms with E-state index in [-0.39, 0.29) is 15.8 Å². The van der Waals surface area contributed by atoms with Crippen molar-refractivity contribution in [2.75, 3.05) is 32.6 Å². The average molecular weight is 554 g/mol. The number of methoxy groups -OCH3 is 2. The van der Waals surface area contributed by atoms with E-state index in [0.717, 1.165) is 25.3 Å². The van der Waals surface area contributed by atoms with Crippen LogP contribution in [0.25, 0.3) is 22.2 Å². The quantitative estimate of drug-likeness (QED) is 0.288. The van der Waals surface area contributed by atoms with Crippen molar-refractivity contribution in [1.82, 2.24) is 19.9 Å². The number of amides is 1. The molecule has 1 amide bonds. The van der Waals surface area contributed by atoms with Crippen LogP contribution >= 0.6 is 23.2 Å². The van der Waals surface area contributed by atoms with E-state index >= 15 is 0 Å². The van der Waals surface area contributed by atoms with E-state index in [1.165, 1.54) is 39.5 Å². The number of fused-ring (bicyclic) bond motifs is 1. The number of nitrogens with zero attached hydrogens (tertiary/aromatic N) is 4. The van der Waals surface area contributed by atoms with Crippen molar-refractivity contribution in [2.45, 2.75) is 19.4 Å². The highest BCUT2D eigenvalue weighted by atomic mass is 35.5. The van der Waals surface area contributed by atoms with Gasteiger partial charge in [0.25, 0.3) is 0 Å². The van der Waals surface area contributed by atoms with Gasteiger partial charge in [0.1, 0.15) is 22.5 Å². The van der Waals surface area contributed by atoms with Crippen LogP contribution in [0.1, 0.15) is 18.5 Å². The third-order valence-electron chi connectivity index (χ3n) is 6.29. The van der Waals surface area contributed by atoms with E-state index in [9.17, 15) is 4.79 Å². The van der Waals surface area contributed by atoms with Crippen molar-refractivity contribution in [1.29, 1.82) is 0 Å². The number of nitrogens with one attached hydrogen (secondary N) is 1. The summed E-state index contributed by atoms with van der Waals surface area (Å²) in [7, 11) is 3.00. The molecule has 0 saturated carbocycles. The predicted molar refractivity (Wildman–Crippen MR) is 146 cm³/mol. The summed E-state index contributed by atoms with van der Waals surface area (Å²) in [5.41, 5.74) is 3.30. The number of pyridine rings is 1. The van der Waals surface area contributed by atoms with Gasteiger partial charge in [-0.1, -0.05) is 23.2 Å². The SMILES string of the molecule is COc1cc(OC)c(Cl)c(-c2ccc(OC(=O)Nc3ccc(CN4CCCC4)nc3)c3nccnc23)c1Cl. The molecule has 0 aliphatic carbocycles. The fourth-order valence-corrected chi connectivity index (χ4v) is 5.15.